The van der Waals surface area contributed by atoms with Crippen LogP contribution in [0.4, 0.5) is 11.4 Å². The first-order valence-electron chi connectivity index (χ1n) is 7.68. The van der Waals surface area contributed by atoms with E-state index in [1.54, 1.807) is 12.1 Å². The Morgan fingerprint density at radius 3 is 2.69 bits per heavy atom. The van der Waals surface area contributed by atoms with E-state index in [4.69, 9.17) is 26.8 Å². The highest BCUT2D eigenvalue weighted by molar-refractivity contribution is 6.32. The van der Waals surface area contributed by atoms with E-state index in [0.29, 0.717) is 28.7 Å². The second-order valence-electron chi connectivity index (χ2n) is 5.26. The van der Waals surface area contributed by atoms with Crippen LogP contribution in [0.1, 0.15) is 22.8 Å². The molecule has 0 atom stereocenters. The minimum atomic E-state index is -0.636. The number of benzene rings is 2. The summed E-state index contributed by atoms with van der Waals surface area (Å²) in [6.45, 7) is 2.41. The van der Waals surface area contributed by atoms with E-state index in [1.165, 1.54) is 19.2 Å². The van der Waals surface area contributed by atoms with Gasteiger partial charge in [-0.1, -0.05) is 11.6 Å². The highest BCUT2D eigenvalue weighted by Gasteiger charge is 2.16. The van der Waals surface area contributed by atoms with Gasteiger partial charge in [-0.15, -0.1) is 0 Å². The van der Waals surface area contributed by atoms with Gasteiger partial charge in [-0.05, 0) is 36.8 Å². The van der Waals surface area contributed by atoms with Crippen LogP contribution in [0.25, 0.3) is 0 Å². The number of carbonyl (C=O) groups excluding carboxylic acids is 1. The number of nitro groups is 1. The molecule has 2 aromatic carbocycles. The summed E-state index contributed by atoms with van der Waals surface area (Å²) in [6, 6.07) is 7.23. The molecule has 0 aliphatic heterocycles. The number of nitrogen functional groups attached to an aromatic ring is 1. The summed E-state index contributed by atoms with van der Waals surface area (Å²) in [4.78, 5) is 22.5. The van der Waals surface area contributed by atoms with Gasteiger partial charge in [0.1, 0.15) is 5.69 Å². The van der Waals surface area contributed by atoms with Crippen molar-refractivity contribution in [2.24, 2.45) is 0 Å². The largest absolute Gasteiger partial charge is 0.493 e. The van der Waals surface area contributed by atoms with Crippen molar-refractivity contribution in [1.29, 1.82) is 0 Å². The van der Waals surface area contributed by atoms with Crippen molar-refractivity contribution in [3.63, 3.8) is 0 Å². The molecule has 138 valence electrons. The molecule has 3 N–H and O–H groups in total. The number of rotatable bonds is 7. The fourth-order valence-electron chi connectivity index (χ4n) is 2.29. The number of nitrogens with zero attached hydrogens (tertiary/aromatic N) is 1. The molecule has 0 aliphatic carbocycles. The van der Waals surface area contributed by atoms with Crippen LogP contribution in [-0.4, -0.2) is 24.5 Å². The molecular weight excluding hydrogens is 362 g/mol. The number of nitrogens with one attached hydrogen (secondary N) is 1. The summed E-state index contributed by atoms with van der Waals surface area (Å²) >= 11 is 6.19. The van der Waals surface area contributed by atoms with E-state index < -0.39 is 10.8 Å². The molecule has 0 aliphatic rings. The number of methoxy groups -OCH3 is 1. The lowest BCUT2D eigenvalue weighted by Crippen LogP contribution is -2.23. The van der Waals surface area contributed by atoms with E-state index >= 15 is 0 Å². The fraction of sp³-hybridized carbons (Fsp3) is 0.235. The monoisotopic (exact) mass is 379 g/mol. The molecule has 0 aromatic heterocycles. The highest BCUT2D eigenvalue weighted by atomic mass is 35.5. The SMILES string of the molecule is CCOc1c(Cl)cc(CNC(=O)c2ccc(N)c([N+](=O)[O-])c2)cc1OC. The Morgan fingerprint density at radius 2 is 2.08 bits per heavy atom. The van der Waals surface area contributed by atoms with Gasteiger partial charge >= 0.3 is 0 Å². The zero-order valence-corrected chi connectivity index (χ0v) is 15.0. The van der Waals surface area contributed by atoms with Gasteiger partial charge in [0.25, 0.3) is 11.6 Å². The van der Waals surface area contributed by atoms with Crippen LogP contribution in [0.5, 0.6) is 11.5 Å². The molecule has 1 amide bonds. The van der Waals surface area contributed by atoms with Crippen LogP contribution in [0.2, 0.25) is 5.02 Å². The molecular formula is C17H18ClN3O5. The zero-order valence-electron chi connectivity index (χ0n) is 14.2. The van der Waals surface area contributed by atoms with E-state index in [1.807, 2.05) is 6.92 Å². The molecule has 0 saturated carbocycles. The Labute approximate surface area is 155 Å². The molecule has 2 rings (SSSR count). The molecule has 8 nitrogen and oxygen atoms in total. The van der Waals surface area contributed by atoms with Gasteiger partial charge in [0.05, 0.1) is 23.7 Å². The standard InChI is InChI=1S/C17H18ClN3O5/c1-3-26-16-12(18)6-10(7-15(16)25-2)9-20-17(22)11-4-5-13(19)14(8-11)21(23)24/h4-8H,3,9,19H2,1-2H3,(H,20,22). The second kappa shape index (κ2) is 8.39. The van der Waals surface area contributed by atoms with Gasteiger partial charge in [0.2, 0.25) is 0 Å². The maximum absolute atomic E-state index is 12.2. The third-order valence-corrected chi connectivity index (χ3v) is 3.80. The number of ether oxygens (including phenoxy) is 2. The van der Waals surface area contributed by atoms with Gasteiger partial charge in [0.15, 0.2) is 11.5 Å². The van der Waals surface area contributed by atoms with Gasteiger partial charge < -0.3 is 20.5 Å². The molecule has 0 saturated heterocycles. The molecule has 0 radical (unpaired) electrons. The van der Waals surface area contributed by atoms with Crippen LogP contribution in [0.15, 0.2) is 30.3 Å². The zero-order chi connectivity index (χ0) is 19.3. The first kappa shape index (κ1) is 19.3. The van der Waals surface area contributed by atoms with Crippen molar-refractivity contribution in [1.82, 2.24) is 5.32 Å². The number of nitro benzene ring substituents is 1. The fourth-order valence-corrected chi connectivity index (χ4v) is 2.57. The number of halogens is 1. The predicted molar refractivity (Wildman–Crippen MR) is 97.9 cm³/mol. The van der Waals surface area contributed by atoms with Crippen molar-refractivity contribution in [3.8, 4) is 11.5 Å². The Balaban J connectivity index is 2.16. The van der Waals surface area contributed by atoms with Gasteiger partial charge in [0, 0.05) is 18.2 Å². The lowest BCUT2D eigenvalue weighted by molar-refractivity contribution is -0.383. The van der Waals surface area contributed by atoms with E-state index in [9.17, 15) is 14.9 Å². The van der Waals surface area contributed by atoms with Crippen molar-refractivity contribution in [2.45, 2.75) is 13.5 Å². The number of carbonyl (C=O) groups is 1. The predicted octanol–water partition coefficient (Wildman–Crippen LogP) is 3.17. The Hall–Kier alpha value is -3.00. The quantitative estimate of drug-likeness (QED) is 0.433. The molecule has 0 fully saturated rings. The Morgan fingerprint density at radius 1 is 1.35 bits per heavy atom. The number of nitrogens with two attached hydrogens (primary N) is 1. The summed E-state index contributed by atoms with van der Waals surface area (Å²) < 4.78 is 10.7. The van der Waals surface area contributed by atoms with Crippen molar-refractivity contribution in [3.05, 3.63) is 56.6 Å². The van der Waals surface area contributed by atoms with Gasteiger partial charge in [-0.3, -0.25) is 14.9 Å². The smallest absolute Gasteiger partial charge is 0.292 e. The van der Waals surface area contributed by atoms with Crippen LogP contribution >= 0.6 is 11.6 Å². The first-order chi connectivity index (χ1) is 12.4. The third-order valence-electron chi connectivity index (χ3n) is 3.52. The highest BCUT2D eigenvalue weighted by Crippen LogP contribution is 2.36. The molecule has 0 bridgehead atoms. The molecule has 0 heterocycles. The molecule has 0 spiro atoms. The van der Waals surface area contributed by atoms with Crippen LogP contribution in [0, 0.1) is 10.1 Å². The molecule has 26 heavy (non-hydrogen) atoms. The minimum absolute atomic E-state index is 0.00502. The van der Waals surface area contributed by atoms with E-state index in [2.05, 4.69) is 5.32 Å². The topological polar surface area (TPSA) is 117 Å². The maximum atomic E-state index is 12.2. The average Bonchev–Trinajstić information content (AvgIpc) is 2.61. The van der Waals surface area contributed by atoms with Crippen LogP contribution < -0.4 is 20.5 Å². The average molecular weight is 380 g/mol. The molecule has 9 heteroatoms. The number of amides is 1. The normalized spacial score (nSPS) is 10.3. The summed E-state index contributed by atoms with van der Waals surface area (Å²) in [7, 11) is 1.49. The molecule has 0 unspecified atom stereocenters. The van der Waals surface area contributed by atoms with Crippen LogP contribution in [0.3, 0.4) is 0 Å². The third kappa shape index (κ3) is 4.34. The lowest BCUT2D eigenvalue weighted by atomic mass is 10.1. The summed E-state index contributed by atoms with van der Waals surface area (Å²) in [5.74, 6) is 0.407. The minimum Gasteiger partial charge on any atom is -0.493 e. The number of hydrogen-bond donors (Lipinski definition) is 2. The van der Waals surface area contributed by atoms with Crippen molar-refractivity contribution in [2.75, 3.05) is 19.5 Å². The summed E-state index contributed by atoms with van der Waals surface area (Å²) in [6.07, 6.45) is 0. The maximum Gasteiger partial charge on any atom is 0.292 e. The summed E-state index contributed by atoms with van der Waals surface area (Å²) in [5.41, 5.74) is 6.03. The number of anilines is 1. The van der Waals surface area contributed by atoms with Gasteiger partial charge in [-0.2, -0.15) is 0 Å². The van der Waals surface area contributed by atoms with E-state index in [0.717, 1.165) is 6.07 Å². The van der Waals surface area contributed by atoms with Crippen molar-refractivity contribution < 1.29 is 19.2 Å². The van der Waals surface area contributed by atoms with E-state index in [-0.39, 0.29) is 23.5 Å². The second-order valence-corrected chi connectivity index (χ2v) is 5.66. The summed E-state index contributed by atoms with van der Waals surface area (Å²) in [5, 5.41) is 14.0. The van der Waals surface area contributed by atoms with Crippen LogP contribution in [-0.2, 0) is 6.54 Å². The molecule has 2 aromatic rings. The Kier molecular flexibility index (Phi) is 6.24. The Bertz CT molecular complexity index is 841. The lowest BCUT2D eigenvalue weighted by Gasteiger charge is -2.13. The number of hydrogen-bond acceptors (Lipinski definition) is 6. The van der Waals surface area contributed by atoms with Gasteiger partial charge in [-0.25, -0.2) is 0 Å². The first-order valence-corrected chi connectivity index (χ1v) is 8.06. The van der Waals surface area contributed by atoms with Crippen molar-refractivity contribution >= 4 is 28.9 Å².